The molecule has 0 amide bonds. The molecule has 2 aromatic rings. The molecular weight excluding hydrogens is 300 g/mol. The fourth-order valence-corrected chi connectivity index (χ4v) is 3.71. The predicted molar refractivity (Wildman–Crippen MR) is 82.6 cm³/mol. The van der Waals surface area contributed by atoms with Gasteiger partial charge in [0.05, 0.1) is 5.69 Å². The minimum Gasteiger partial charge on any atom is -0.302 e. The predicted octanol–water partition coefficient (Wildman–Crippen LogP) is 4.56. The van der Waals surface area contributed by atoms with E-state index in [9.17, 15) is 0 Å². The second-order valence-corrected chi connectivity index (χ2v) is 7.76. The number of aryl methyl sites for hydroxylation is 2. The molecule has 0 aliphatic heterocycles. The highest BCUT2D eigenvalue weighted by Crippen LogP contribution is 2.37. The molecule has 2 aromatic heterocycles. The lowest BCUT2D eigenvalue weighted by Gasteiger charge is -2.33. The van der Waals surface area contributed by atoms with Crippen LogP contribution in [0.4, 0.5) is 0 Å². The summed E-state index contributed by atoms with van der Waals surface area (Å²) in [6.07, 6.45) is 5.70. The van der Waals surface area contributed by atoms with Crippen LogP contribution in [0.5, 0.6) is 0 Å². The van der Waals surface area contributed by atoms with Crippen molar-refractivity contribution in [3.05, 3.63) is 33.7 Å². The summed E-state index contributed by atoms with van der Waals surface area (Å²) in [6.45, 7) is 9.20. The maximum atomic E-state index is 4.85. The Morgan fingerprint density at radius 1 is 1.37 bits per heavy atom. The zero-order chi connectivity index (χ0) is 13.8. The highest BCUT2D eigenvalue weighted by Gasteiger charge is 2.31. The van der Waals surface area contributed by atoms with Crippen LogP contribution in [-0.4, -0.2) is 9.38 Å². The summed E-state index contributed by atoms with van der Waals surface area (Å²) in [5.41, 5.74) is 5.48. The van der Waals surface area contributed by atoms with Crippen LogP contribution in [-0.2, 0) is 12.8 Å². The van der Waals surface area contributed by atoms with Gasteiger partial charge in [0.2, 0.25) is 0 Å². The first kappa shape index (κ1) is 13.2. The van der Waals surface area contributed by atoms with Gasteiger partial charge in [-0.05, 0) is 65.1 Å². The number of halogens is 1. The zero-order valence-corrected chi connectivity index (χ0v) is 13.7. The summed E-state index contributed by atoms with van der Waals surface area (Å²) in [5, 5.41) is 0. The Labute approximate surface area is 123 Å². The molecule has 0 bridgehead atoms. The quantitative estimate of drug-likeness (QED) is 0.695. The van der Waals surface area contributed by atoms with E-state index in [1.54, 1.807) is 0 Å². The number of fused-ring (bicyclic) bond motifs is 3. The Hall–Kier alpha value is -0.830. The van der Waals surface area contributed by atoms with Crippen LogP contribution in [0.2, 0.25) is 0 Å². The van der Waals surface area contributed by atoms with E-state index in [0.717, 1.165) is 28.9 Å². The summed E-state index contributed by atoms with van der Waals surface area (Å²) in [7, 11) is 0. The number of nitrogens with zero attached hydrogens (tertiary/aromatic N) is 2. The Bertz CT molecular complexity index is 634. The molecule has 1 unspecified atom stereocenters. The third-order valence-corrected chi connectivity index (χ3v) is 4.88. The molecule has 0 N–H and O–H groups in total. The molecule has 2 nitrogen and oxygen atoms in total. The number of hydrogen-bond acceptors (Lipinski definition) is 1. The van der Waals surface area contributed by atoms with Crippen molar-refractivity contribution in [2.45, 2.75) is 47.0 Å². The molecule has 0 saturated carbocycles. The molecule has 1 atom stereocenters. The number of rotatable bonds is 0. The van der Waals surface area contributed by atoms with Gasteiger partial charge in [-0.15, -0.1) is 0 Å². The van der Waals surface area contributed by atoms with Gasteiger partial charge in [0.25, 0.3) is 0 Å². The van der Waals surface area contributed by atoms with Crippen molar-refractivity contribution in [1.29, 1.82) is 0 Å². The number of pyridine rings is 1. The van der Waals surface area contributed by atoms with Gasteiger partial charge in [0.15, 0.2) is 0 Å². The molecule has 0 aromatic carbocycles. The fraction of sp³-hybridized carbons (Fsp3) is 0.562. The Balaban J connectivity index is 2.13. The summed E-state index contributed by atoms with van der Waals surface area (Å²) < 4.78 is 3.43. The minimum atomic E-state index is 0.378. The number of imidazole rings is 1. The van der Waals surface area contributed by atoms with Crippen LogP contribution >= 0.6 is 15.9 Å². The van der Waals surface area contributed by atoms with E-state index in [4.69, 9.17) is 4.98 Å². The van der Waals surface area contributed by atoms with Gasteiger partial charge >= 0.3 is 0 Å². The third-order valence-electron chi connectivity index (χ3n) is 4.45. The van der Waals surface area contributed by atoms with E-state index in [1.807, 2.05) is 0 Å². The van der Waals surface area contributed by atoms with Gasteiger partial charge in [-0.25, -0.2) is 4.98 Å². The minimum absolute atomic E-state index is 0.378. The maximum absolute atomic E-state index is 4.85. The molecule has 19 heavy (non-hydrogen) atoms. The van der Waals surface area contributed by atoms with E-state index in [0.29, 0.717) is 5.41 Å². The van der Waals surface area contributed by atoms with Crippen molar-refractivity contribution >= 4 is 21.6 Å². The third kappa shape index (κ3) is 2.22. The van der Waals surface area contributed by atoms with Crippen molar-refractivity contribution in [1.82, 2.24) is 9.38 Å². The van der Waals surface area contributed by atoms with Crippen molar-refractivity contribution in [3.8, 4) is 0 Å². The highest BCUT2D eigenvalue weighted by atomic mass is 79.9. The average Bonchev–Trinajstić information content (AvgIpc) is 2.66. The van der Waals surface area contributed by atoms with Crippen LogP contribution in [0.3, 0.4) is 0 Å². The van der Waals surface area contributed by atoms with Crippen molar-refractivity contribution in [2.24, 2.45) is 11.3 Å². The second kappa shape index (κ2) is 4.34. The average molecular weight is 321 g/mol. The van der Waals surface area contributed by atoms with E-state index in [2.05, 4.69) is 60.3 Å². The first-order chi connectivity index (χ1) is 8.86. The van der Waals surface area contributed by atoms with Gasteiger partial charge in [0, 0.05) is 16.4 Å². The van der Waals surface area contributed by atoms with Crippen LogP contribution in [0.1, 0.15) is 44.1 Å². The van der Waals surface area contributed by atoms with Gasteiger partial charge in [-0.3, -0.25) is 0 Å². The summed E-state index contributed by atoms with van der Waals surface area (Å²) in [5.74, 6) is 0.749. The zero-order valence-electron chi connectivity index (χ0n) is 12.1. The van der Waals surface area contributed by atoms with E-state index >= 15 is 0 Å². The van der Waals surface area contributed by atoms with E-state index in [1.165, 1.54) is 23.4 Å². The van der Waals surface area contributed by atoms with Crippen LogP contribution < -0.4 is 0 Å². The summed E-state index contributed by atoms with van der Waals surface area (Å²) in [6, 6.07) is 2.15. The SMILES string of the molecule is Cc1cc(Br)cn2c3c(nc12)CCC(C(C)(C)C)C3. The Morgan fingerprint density at radius 2 is 2.11 bits per heavy atom. The van der Waals surface area contributed by atoms with Crippen molar-refractivity contribution in [2.75, 3.05) is 0 Å². The molecular formula is C16H21BrN2. The van der Waals surface area contributed by atoms with Crippen molar-refractivity contribution < 1.29 is 0 Å². The molecule has 3 heteroatoms. The van der Waals surface area contributed by atoms with Gasteiger partial charge in [-0.1, -0.05) is 20.8 Å². The topological polar surface area (TPSA) is 17.3 Å². The Morgan fingerprint density at radius 3 is 2.79 bits per heavy atom. The lowest BCUT2D eigenvalue weighted by atomic mass is 9.73. The monoisotopic (exact) mass is 320 g/mol. The Kier molecular flexibility index (Phi) is 3.01. The van der Waals surface area contributed by atoms with Gasteiger partial charge in [-0.2, -0.15) is 0 Å². The van der Waals surface area contributed by atoms with Gasteiger partial charge in [0.1, 0.15) is 5.65 Å². The smallest absolute Gasteiger partial charge is 0.140 e. The van der Waals surface area contributed by atoms with E-state index < -0.39 is 0 Å². The van der Waals surface area contributed by atoms with Crippen LogP contribution in [0, 0.1) is 18.3 Å². The molecule has 102 valence electrons. The molecule has 0 radical (unpaired) electrons. The molecule has 1 aliphatic rings. The molecule has 3 rings (SSSR count). The molecule has 1 aliphatic carbocycles. The lowest BCUT2D eigenvalue weighted by molar-refractivity contribution is 0.213. The fourth-order valence-electron chi connectivity index (χ4n) is 3.16. The number of aromatic nitrogens is 2. The standard InChI is InChI=1S/C16H21BrN2/c1-10-7-12(17)9-19-14-8-11(16(2,3)4)5-6-13(14)18-15(10)19/h7,9,11H,5-6,8H2,1-4H3. The van der Waals surface area contributed by atoms with Gasteiger partial charge < -0.3 is 4.40 Å². The highest BCUT2D eigenvalue weighted by molar-refractivity contribution is 9.10. The molecule has 2 heterocycles. The van der Waals surface area contributed by atoms with Crippen LogP contribution in [0.25, 0.3) is 5.65 Å². The second-order valence-electron chi connectivity index (χ2n) is 6.85. The maximum Gasteiger partial charge on any atom is 0.140 e. The molecule has 0 spiro atoms. The van der Waals surface area contributed by atoms with Crippen LogP contribution in [0.15, 0.2) is 16.7 Å². The first-order valence-electron chi connectivity index (χ1n) is 7.02. The molecule has 0 fully saturated rings. The first-order valence-corrected chi connectivity index (χ1v) is 7.81. The normalized spacial score (nSPS) is 19.7. The largest absolute Gasteiger partial charge is 0.302 e. The van der Waals surface area contributed by atoms with E-state index in [-0.39, 0.29) is 0 Å². The summed E-state index contributed by atoms with van der Waals surface area (Å²) in [4.78, 5) is 4.85. The molecule has 0 saturated heterocycles. The number of hydrogen-bond donors (Lipinski definition) is 0. The van der Waals surface area contributed by atoms with Crippen molar-refractivity contribution in [3.63, 3.8) is 0 Å². The summed E-state index contributed by atoms with van der Waals surface area (Å²) >= 11 is 3.60. The lowest BCUT2D eigenvalue weighted by Crippen LogP contribution is -2.27.